The molecule has 4 atom stereocenters. The minimum Gasteiger partial charge on any atom is -0.394 e. The standard InChI is InChI=1S/C13H24O3/c1-9(2)12-5-4-10(3)6-13(12)15-8-11(7-14)16-13/h9-12,14H,4-8H2,1-3H3/t10?,11?,12-,13?/m1/s1. The van der Waals surface area contributed by atoms with Gasteiger partial charge in [-0.15, -0.1) is 0 Å². The summed E-state index contributed by atoms with van der Waals surface area (Å²) in [6, 6.07) is 0. The normalized spacial score (nSPS) is 44.4. The Morgan fingerprint density at radius 2 is 2.12 bits per heavy atom. The Balaban J connectivity index is 2.13. The molecule has 0 radical (unpaired) electrons. The van der Waals surface area contributed by atoms with Gasteiger partial charge in [0, 0.05) is 12.3 Å². The van der Waals surface area contributed by atoms with Gasteiger partial charge in [-0.1, -0.05) is 27.2 Å². The first-order valence-corrected chi connectivity index (χ1v) is 6.50. The van der Waals surface area contributed by atoms with Crippen LogP contribution < -0.4 is 0 Å². The van der Waals surface area contributed by atoms with Crippen molar-refractivity contribution >= 4 is 0 Å². The van der Waals surface area contributed by atoms with Crippen LogP contribution in [0.5, 0.6) is 0 Å². The molecule has 2 fully saturated rings. The molecule has 0 amide bonds. The number of ether oxygens (including phenoxy) is 2. The topological polar surface area (TPSA) is 38.7 Å². The van der Waals surface area contributed by atoms with E-state index in [0.29, 0.717) is 24.4 Å². The van der Waals surface area contributed by atoms with Crippen molar-refractivity contribution in [2.24, 2.45) is 17.8 Å². The van der Waals surface area contributed by atoms with Crippen molar-refractivity contribution in [3.05, 3.63) is 0 Å². The molecule has 3 nitrogen and oxygen atoms in total. The zero-order valence-electron chi connectivity index (χ0n) is 10.6. The maximum Gasteiger partial charge on any atom is 0.172 e. The minimum atomic E-state index is -0.404. The predicted octanol–water partition coefficient (Wildman–Crippen LogP) is 2.18. The van der Waals surface area contributed by atoms with Gasteiger partial charge >= 0.3 is 0 Å². The summed E-state index contributed by atoms with van der Waals surface area (Å²) in [7, 11) is 0. The highest BCUT2D eigenvalue weighted by Crippen LogP contribution is 2.47. The molecule has 1 aliphatic heterocycles. The first-order chi connectivity index (χ1) is 7.57. The Bertz CT molecular complexity index is 241. The van der Waals surface area contributed by atoms with Crippen LogP contribution in [0, 0.1) is 17.8 Å². The molecule has 1 saturated carbocycles. The average molecular weight is 228 g/mol. The largest absolute Gasteiger partial charge is 0.394 e. The summed E-state index contributed by atoms with van der Waals surface area (Å²) in [5.74, 6) is 1.30. The van der Waals surface area contributed by atoms with Crippen LogP contribution >= 0.6 is 0 Å². The second kappa shape index (κ2) is 4.63. The van der Waals surface area contributed by atoms with Crippen molar-refractivity contribution in [3.63, 3.8) is 0 Å². The van der Waals surface area contributed by atoms with E-state index in [9.17, 15) is 0 Å². The summed E-state index contributed by atoms with van der Waals surface area (Å²) in [6.07, 6.45) is 3.30. The highest BCUT2D eigenvalue weighted by molar-refractivity contribution is 4.92. The van der Waals surface area contributed by atoms with E-state index in [4.69, 9.17) is 14.6 Å². The third-order valence-corrected chi connectivity index (χ3v) is 4.06. The third kappa shape index (κ3) is 2.13. The van der Waals surface area contributed by atoms with Gasteiger partial charge in [0.1, 0.15) is 6.10 Å². The van der Waals surface area contributed by atoms with Crippen molar-refractivity contribution in [2.75, 3.05) is 13.2 Å². The van der Waals surface area contributed by atoms with Crippen molar-refractivity contribution in [1.82, 2.24) is 0 Å². The molecule has 0 bridgehead atoms. The first kappa shape index (κ1) is 12.3. The first-order valence-electron chi connectivity index (χ1n) is 6.50. The molecule has 0 aromatic carbocycles. The fourth-order valence-electron chi connectivity index (χ4n) is 3.24. The van der Waals surface area contributed by atoms with E-state index in [-0.39, 0.29) is 12.7 Å². The summed E-state index contributed by atoms with van der Waals surface area (Å²) < 4.78 is 12.0. The van der Waals surface area contributed by atoms with E-state index in [1.54, 1.807) is 0 Å². The predicted molar refractivity (Wildman–Crippen MR) is 62.0 cm³/mol. The second-order valence-electron chi connectivity index (χ2n) is 5.78. The Labute approximate surface area is 98.1 Å². The van der Waals surface area contributed by atoms with Crippen molar-refractivity contribution in [2.45, 2.75) is 51.9 Å². The SMILES string of the molecule is CC1CC[C@H](C(C)C)C2(C1)OCC(CO)O2. The van der Waals surface area contributed by atoms with Gasteiger partial charge in [0.15, 0.2) is 5.79 Å². The molecule has 0 aromatic heterocycles. The fourth-order valence-corrected chi connectivity index (χ4v) is 3.24. The maximum atomic E-state index is 9.17. The molecule has 1 saturated heterocycles. The molecule has 2 rings (SSSR count). The zero-order chi connectivity index (χ0) is 11.8. The van der Waals surface area contributed by atoms with E-state index in [0.717, 1.165) is 6.42 Å². The third-order valence-electron chi connectivity index (χ3n) is 4.06. The van der Waals surface area contributed by atoms with Gasteiger partial charge in [-0.3, -0.25) is 0 Å². The van der Waals surface area contributed by atoms with Crippen LogP contribution in [-0.2, 0) is 9.47 Å². The van der Waals surface area contributed by atoms with Crippen molar-refractivity contribution in [1.29, 1.82) is 0 Å². The molecule has 3 unspecified atom stereocenters. The lowest BCUT2D eigenvalue weighted by molar-refractivity contribution is -0.240. The monoisotopic (exact) mass is 228 g/mol. The number of hydrogen-bond acceptors (Lipinski definition) is 3. The molecule has 94 valence electrons. The van der Waals surface area contributed by atoms with Crippen LogP contribution in [0.2, 0.25) is 0 Å². The van der Waals surface area contributed by atoms with E-state index in [1.165, 1.54) is 12.8 Å². The quantitative estimate of drug-likeness (QED) is 0.787. The van der Waals surface area contributed by atoms with Crippen LogP contribution in [0.3, 0.4) is 0 Å². The molecule has 1 N–H and O–H groups in total. The molecular weight excluding hydrogens is 204 g/mol. The number of aliphatic hydroxyl groups excluding tert-OH is 1. The molecule has 1 spiro atoms. The van der Waals surface area contributed by atoms with Gasteiger partial charge in [-0.2, -0.15) is 0 Å². The molecule has 1 heterocycles. The van der Waals surface area contributed by atoms with E-state index in [1.807, 2.05) is 0 Å². The van der Waals surface area contributed by atoms with Crippen LogP contribution in [0.15, 0.2) is 0 Å². The van der Waals surface area contributed by atoms with Gasteiger partial charge in [0.25, 0.3) is 0 Å². The smallest absolute Gasteiger partial charge is 0.172 e. The van der Waals surface area contributed by atoms with Gasteiger partial charge in [-0.25, -0.2) is 0 Å². The number of aliphatic hydroxyl groups is 1. The molecule has 0 aromatic rings. The second-order valence-corrected chi connectivity index (χ2v) is 5.78. The Morgan fingerprint density at radius 1 is 1.38 bits per heavy atom. The Morgan fingerprint density at radius 3 is 2.69 bits per heavy atom. The van der Waals surface area contributed by atoms with Crippen molar-refractivity contribution < 1.29 is 14.6 Å². The van der Waals surface area contributed by atoms with Crippen LogP contribution in [0.1, 0.15) is 40.0 Å². The number of rotatable bonds is 2. The van der Waals surface area contributed by atoms with Crippen molar-refractivity contribution in [3.8, 4) is 0 Å². The fraction of sp³-hybridized carbons (Fsp3) is 1.00. The van der Waals surface area contributed by atoms with E-state index >= 15 is 0 Å². The van der Waals surface area contributed by atoms with Crippen LogP contribution in [0.4, 0.5) is 0 Å². The van der Waals surface area contributed by atoms with Gasteiger partial charge in [0.05, 0.1) is 13.2 Å². The summed E-state index contributed by atoms with van der Waals surface area (Å²) >= 11 is 0. The lowest BCUT2D eigenvalue weighted by Gasteiger charge is -2.44. The lowest BCUT2D eigenvalue weighted by Crippen LogP contribution is -2.47. The van der Waals surface area contributed by atoms with E-state index in [2.05, 4.69) is 20.8 Å². The molecule has 1 aliphatic carbocycles. The summed E-state index contributed by atoms with van der Waals surface area (Å²) in [6.45, 7) is 7.35. The number of hydrogen-bond donors (Lipinski definition) is 1. The molecule has 2 aliphatic rings. The summed E-state index contributed by atoms with van der Waals surface area (Å²) in [5, 5.41) is 9.17. The minimum absolute atomic E-state index is 0.0704. The van der Waals surface area contributed by atoms with Gasteiger partial charge < -0.3 is 14.6 Å². The Hall–Kier alpha value is -0.120. The maximum absolute atomic E-state index is 9.17. The van der Waals surface area contributed by atoms with E-state index < -0.39 is 5.79 Å². The summed E-state index contributed by atoms with van der Waals surface area (Å²) in [5.41, 5.74) is 0. The molecule has 3 heteroatoms. The van der Waals surface area contributed by atoms with Gasteiger partial charge in [-0.05, 0) is 18.3 Å². The molecule has 16 heavy (non-hydrogen) atoms. The van der Waals surface area contributed by atoms with Crippen LogP contribution in [-0.4, -0.2) is 30.2 Å². The lowest BCUT2D eigenvalue weighted by atomic mass is 9.73. The van der Waals surface area contributed by atoms with Gasteiger partial charge in [0.2, 0.25) is 0 Å². The summed E-state index contributed by atoms with van der Waals surface area (Å²) in [4.78, 5) is 0. The molecular formula is C13H24O3. The average Bonchev–Trinajstić information content (AvgIpc) is 2.61. The Kier molecular flexibility index (Phi) is 3.57. The highest BCUT2D eigenvalue weighted by Gasteiger charge is 2.51. The van der Waals surface area contributed by atoms with Crippen LogP contribution in [0.25, 0.3) is 0 Å². The zero-order valence-corrected chi connectivity index (χ0v) is 10.6. The highest BCUT2D eigenvalue weighted by atomic mass is 16.7.